The lowest BCUT2D eigenvalue weighted by atomic mass is 10.2. The van der Waals surface area contributed by atoms with E-state index in [1.165, 1.54) is 13.2 Å². The molecule has 8 heteroatoms. The van der Waals surface area contributed by atoms with Gasteiger partial charge in [0.1, 0.15) is 17.2 Å². The number of sulfonamides is 1. The molecule has 0 spiro atoms. The Labute approximate surface area is 175 Å². The Bertz CT molecular complexity index is 888. The number of unbranched alkanes of at least 4 members (excludes halogenated alkanes) is 2. The molecule has 0 aliphatic carbocycles. The molecule has 0 aromatic heterocycles. The fourth-order valence-corrected chi connectivity index (χ4v) is 4.79. The van der Waals surface area contributed by atoms with Crippen molar-refractivity contribution in [1.82, 2.24) is 5.32 Å². The highest BCUT2D eigenvalue weighted by molar-refractivity contribution is 9.10. The fourth-order valence-electron chi connectivity index (χ4n) is 2.67. The number of hydrogen-bond acceptors (Lipinski definition) is 4. The molecule has 2 rings (SSSR count). The molecule has 0 heterocycles. The highest BCUT2D eigenvalue weighted by atomic mass is 79.9. The molecule has 6 nitrogen and oxygen atoms in total. The second kappa shape index (κ2) is 10.5. The molecule has 28 heavy (non-hydrogen) atoms. The zero-order chi connectivity index (χ0) is 20.6. The highest BCUT2D eigenvalue weighted by Crippen LogP contribution is 2.32. The summed E-state index contributed by atoms with van der Waals surface area (Å²) in [5.41, 5.74) is 0.410. The molecular formula is C20H25BrN2O4S. The first-order valence-corrected chi connectivity index (χ1v) is 11.3. The van der Waals surface area contributed by atoms with Crippen LogP contribution in [0.2, 0.25) is 0 Å². The number of rotatable bonds is 10. The zero-order valence-electron chi connectivity index (χ0n) is 16.0. The number of methoxy groups -OCH3 is 1. The minimum atomic E-state index is -4.03. The van der Waals surface area contributed by atoms with Gasteiger partial charge >= 0.3 is 0 Å². The highest BCUT2D eigenvalue weighted by Gasteiger charge is 2.30. The average Bonchev–Trinajstić information content (AvgIpc) is 2.70. The van der Waals surface area contributed by atoms with Crippen LogP contribution < -0.4 is 14.4 Å². The zero-order valence-corrected chi connectivity index (χ0v) is 18.4. The quantitative estimate of drug-likeness (QED) is 0.535. The van der Waals surface area contributed by atoms with E-state index in [0.717, 1.165) is 23.6 Å². The Hall–Kier alpha value is -2.06. The summed E-state index contributed by atoms with van der Waals surface area (Å²) >= 11 is 3.31. The van der Waals surface area contributed by atoms with E-state index in [1.54, 1.807) is 42.5 Å². The molecule has 0 bridgehead atoms. The lowest BCUT2D eigenvalue weighted by Gasteiger charge is -2.25. The molecule has 0 atom stereocenters. The van der Waals surface area contributed by atoms with Crippen LogP contribution in [0, 0.1) is 0 Å². The minimum Gasteiger partial charge on any atom is -0.495 e. The topological polar surface area (TPSA) is 75.7 Å². The van der Waals surface area contributed by atoms with E-state index in [0.29, 0.717) is 16.7 Å². The predicted molar refractivity (Wildman–Crippen MR) is 114 cm³/mol. The summed E-state index contributed by atoms with van der Waals surface area (Å²) in [5.74, 6) is -0.134. The smallest absolute Gasteiger partial charge is 0.268 e. The molecule has 0 unspecified atom stereocenters. The summed E-state index contributed by atoms with van der Waals surface area (Å²) < 4.78 is 33.8. The first-order valence-electron chi connectivity index (χ1n) is 9.08. The predicted octanol–water partition coefficient (Wildman–Crippen LogP) is 3.96. The molecule has 0 saturated heterocycles. The van der Waals surface area contributed by atoms with Crippen LogP contribution in [0.25, 0.3) is 0 Å². The van der Waals surface area contributed by atoms with Crippen molar-refractivity contribution >= 4 is 37.5 Å². The number of anilines is 1. The number of nitrogens with one attached hydrogen (secondary N) is 1. The number of carbonyl (C=O) groups excluding carboxylic acids is 1. The van der Waals surface area contributed by atoms with Crippen molar-refractivity contribution < 1.29 is 17.9 Å². The first-order chi connectivity index (χ1) is 13.4. The van der Waals surface area contributed by atoms with Crippen molar-refractivity contribution in [2.24, 2.45) is 0 Å². The number of benzene rings is 2. The molecule has 0 saturated carbocycles. The number of carbonyl (C=O) groups is 1. The Morgan fingerprint density at radius 2 is 1.86 bits per heavy atom. The van der Waals surface area contributed by atoms with Gasteiger partial charge in [-0.1, -0.05) is 53.9 Å². The van der Waals surface area contributed by atoms with Crippen molar-refractivity contribution in [3.63, 3.8) is 0 Å². The van der Waals surface area contributed by atoms with Gasteiger partial charge in [-0.3, -0.25) is 9.10 Å². The fraction of sp³-hybridized carbons (Fsp3) is 0.350. The van der Waals surface area contributed by atoms with E-state index in [-0.39, 0.29) is 23.1 Å². The lowest BCUT2D eigenvalue weighted by molar-refractivity contribution is -0.119. The van der Waals surface area contributed by atoms with Crippen LogP contribution in [-0.4, -0.2) is 34.5 Å². The first kappa shape index (κ1) is 22.2. The maximum Gasteiger partial charge on any atom is 0.268 e. The number of halogens is 1. The van der Waals surface area contributed by atoms with Gasteiger partial charge in [0.25, 0.3) is 10.0 Å². The van der Waals surface area contributed by atoms with Gasteiger partial charge in [0.15, 0.2) is 0 Å². The van der Waals surface area contributed by atoms with E-state index in [1.807, 2.05) is 0 Å². The van der Waals surface area contributed by atoms with Crippen molar-refractivity contribution in [3.05, 3.63) is 53.0 Å². The largest absolute Gasteiger partial charge is 0.495 e. The number of ether oxygens (including phenoxy) is 1. The van der Waals surface area contributed by atoms with Crippen LogP contribution >= 0.6 is 15.9 Å². The van der Waals surface area contributed by atoms with Crippen LogP contribution in [-0.2, 0) is 14.8 Å². The Balaban J connectivity index is 2.36. The normalized spacial score (nSPS) is 11.1. The molecular weight excluding hydrogens is 444 g/mol. The second-order valence-electron chi connectivity index (χ2n) is 6.20. The van der Waals surface area contributed by atoms with Crippen LogP contribution in [0.1, 0.15) is 26.2 Å². The van der Waals surface area contributed by atoms with Crippen LogP contribution in [0.3, 0.4) is 0 Å². The molecule has 0 radical (unpaired) electrons. The van der Waals surface area contributed by atoms with E-state index in [2.05, 4.69) is 28.2 Å². The Morgan fingerprint density at radius 1 is 1.14 bits per heavy atom. The van der Waals surface area contributed by atoms with Gasteiger partial charge in [0.2, 0.25) is 5.91 Å². The molecule has 2 aromatic carbocycles. The van der Waals surface area contributed by atoms with E-state index < -0.39 is 10.0 Å². The lowest BCUT2D eigenvalue weighted by Crippen LogP contribution is -2.41. The van der Waals surface area contributed by atoms with E-state index in [4.69, 9.17) is 4.74 Å². The maximum atomic E-state index is 13.4. The average molecular weight is 469 g/mol. The summed E-state index contributed by atoms with van der Waals surface area (Å²) in [6.45, 7) is 2.29. The van der Waals surface area contributed by atoms with Gasteiger partial charge < -0.3 is 10.1 Å². The molecule has 1 N–H and O–H groups in total. The summed E-state index contributed by atoms with van der Waals surface area (Å²) in [7, 11) is -2.62. The summed E-state index contributed by atoms with van der Waals surface area (Å²) in [6.07, 6.45) is 2.92. The molecule has 0 aliphatic heterocycles. The van der Waals surface area contributed by atoms with Crippen molar-refractivity contribution in [2.75, 3.05) is 24.5 Å². The van der Waals surface area contributed by atoms with Gasteiger partial charge in [0, 0.05) is 11.0 Å². The van der Waals surface area contributed by atoms with Gasteiger partial charge in [-0.25, -0.2) is 8.42 Å². The minimum absolute atomic E-state index is 0.00740. The van der Waals surface area contributed by atoms with Gasteiger partial charge in [-0.05, 0) is 36.8 Å². The van der Waals surface area contributed by atoms with Crippen molar-refractivity contribution in [3.8, 4) is 5.75 Å². The van der Waals surface area contributed by atoms with E-state index >= 15 is 0 Å². The van der Waals surface area contributed by atoms with Crippen molar-refractivity contribution in [2.45, 2.75) is 31.1 Å². The van der Waals surface area contributed by atoms with Gasteiger partial charge in [-0.2, -0.15) is 0 Å². The van der Waals surface area contributed by atoms with E-state index in [9.17, 15) is 13.2 Å². The maximum absolute atomic E-state index is 13.4. The SMILES string of the molecule is CCCCCNC(=O)CN(c1ccccc1)S(=O)(=O)c1cc(Br)ccc1OC. The third kappa shape index (κ3) is 5.72. The van der Waals surface area contributed by atoms with Crippen molar-refractivity contribution in [1.29, 1.82) is 0 Å². The number of para-hydroxylation sites is 1. The Morgan fingerprint density at radius 3 is 2.50 bits per heavy atom. The van der Waals surface area contributed by atoms with Crippen LogP contribution in [0.4, 0.5) is 5.69 Å². The summed E-state index contributed by atoms with van der Waals surface area (Å²) in [5, 5.41) is 2.80. The van der Waals surface area contributed by atoms with Gasteiger partial charge in [0.05, 0.1) is 12.8 Å². The standard InChI is InChI=1S/C20H25BrN2O4S/c1-3-4-8-13-22-20(24)15-23(17-9-6-5-7-10-17)28(25,26)19-14-16(21)11-12-18(19)27-2/h5-7,9-12,14H,3-4,8,13,15H2,1-2H3,(H,22,24). The summed E-state index contributed by atoms with van der Waals surface area (Å²) in [4.78, 5) is 12.4. The van der Waals surface area contributed by atoms with Crippen LogP contribution in [0.15, 0.2) is 57.9 Å². The number of nitrogens with zero attached hydrogens (tertiary/aromatic N) is 1. The molecule has 2 aromatic rings. The summed E-state index contributed by atoms with van der Waals surface area (Å²) in [6, 6.07) is 13.3. The third-order valence-electron chi connectivity index (χ3n) is 4.13. The molecule has 1 amide bonds. The van der Waals surface area contributed by atoms with Gasteiger partial charge in [-0.15, -0.1) is 0 Å². The number of hydrogen-bond donors (Lipinski definition) is 1. The Kier molecular flexibility index (Phi) is 8.32. The molecule has 0 fully saturated rings. The molecule has 152 valence electrons. The van der Waals surface area contributed by atoms with Crippen LogP contribution in [0.5, 0.6) is 5.75 Å². The third-order valence-corrected chi connectivity index (χ3v) is 6.42. The monoisotopic (exact) mass is 468 g/mol. The second-order valence-corrected chi connectivity index (χ2v) is 8.95. The molecule has 0 aliphatic rings. The number of amides is 1.